The van der Waals surface area contributed by atoms with Crippen LogP contribution in [0.4, 0.5) is 17.1 Å². The first-order valence-corrected chi connectivity index (χ1v) is 6.68. The summed E-state index contributed by atoms with van der Waals surface area (Å²) in [5, 5.41) is 24.1. The second-order valence-corrected chi connectivity index (χ2v) is 5.01. The van der Waals surface area contributed by atoms with Gasteiger partial charge in [0.05, 0.1) is 9.85 Å². The maximum absolute atomic E-state index is 12.2. The van der Waals surface area contributed by atoms with E-state index in [9.17, 15) is 25.0 Å². The molecule has 0 heterocycles. The lowest BCUT2D eigenvalue weighted by atomic mass is 10.1. The van der Waals surface area contributed by atoms with Crippen molar-refractivity contribution in [3.05, 3.63) is 72.8 Å². The van der Waals surface area contributed by atoms with Gasteiger partial charge in [-0.2, -0.15) is 0 Å². The molecule has 118 valence electrons. The summed E-state index contributed by atoms with van der Waals surface area (Å²) in [6.45, 7) is 1.55. The lowest BCUT2D eigenvalue weighted by molar-refractivity contribution is -0.385. The number of nitrogens with one attached hydrogen (secondary N) is 1. The lowest BCUT2D eigenvalue weighted by Crippen LogP contribution is -2.14. The minimum atomic E-state index is -0.703. The second kappa shape index (κ2) is 6.41. The number of benzene rings is 2. The van der Waals surface area contributed by atoms with Gasteiger partial charge < -0.3 is 5.32 Å². The summed E-state index contributed by atoms with van der Waals surface area (Å²) in [5.74, 6) is -0.703. The Hall–Kier alpha value is -3.00. The molecular weight excluding hydrogens is 326 g/mol. The zero-order chi connectivity index (χ0) is 17.1. The third-order valence-electron chi connectivity index (χ3n) is 3.08. The number of carbonyl (C=O) groups is 1. The fraction of sp³-hybridized carbons (Fsp3) is 0.0714. The molecule has 1 amide bonds. The van der Waals surface area contributed by atoms with Gasteiger partial charge in [0.25, 0.3) is 17.3 Å². The van der Waals surface area contributed by atoms with Crippen LogP contribution >= 0.6 is 11.6 Å². The average molecular weight is 336 g/mol. The number of amides is 1. The van der Waals surface area contributed by atoms with Crippen LogP contribution < -0.4 is 5.32 Å². The summed E-state index contributed by atoms with van der Waals surface area (Å²) in [4.78, 5) is 32.7. The molecule has 1 N–H and O–H groups in total. The molecule has 0 saturated carbocycles. The minimum absolute atomic E-state index is 0.119. The zero-order valence-electron chi connectivity index (χ0n) is 11.8. The number of hydrogen-bond acceptors (Lipinski definition) is 5. The summed E-state index contributed by atoms with van der Waals surface area (Å²) in [5.41, 5.74) is -0.0910. The molecule has 0 fully saturated rings. The van der Waals surface area contributed by atoms with Gasteiger partial charge in [0.1, 0.15) is 10.6 Å². The minimum Gasteiger partial charge on any atom is -0.321 e. The highest BCUT2D eigenvalue weighted by atomic mass is 35.5. The van der Waals surface area contributed by atoms with E-state index in [2.05, 4.69) is 5.32 Å². The molecule has 0 atom stereocenters. The van der Waals surface area contributed by atoms with Gasteiger partial charge in [0, 0.05) is 17.8 Å². The molecule has 0 aliphatic rings. The Balaban J connectivity index is 2.37. The van der Waals surface area contributed by atoms with Crippen molar-refractivity contribution in [1.82, 2.24) is 0 Å². The number of carbonyl (C=O) groups excluding carboxylic acids is 1. The summed E-state index contributed by atoms with van der Waals surface area (Å²) in [6, 6.07) is 7.93. The lowest BCUT2D eigenvalue weighted by Gasteiger charge is -2.09. The number of para-hydroxylation sites is 1. The summed E-state index contributed by atoms with van der Waals surface area (Å²) in [7, 11) is 0. The van der Waals surface area contributed by atoms with Gasteiger partial charge in [-0.25, -0.2) is 0 Å². The average Bonchev–Trinajstić information content (AvgIpc) is 2.50. The molecule has 0 aliphatic heterocycles. The van der Waals surface area contributed by atoms with E-state index in [1.165, 1.54) is 36.4 Å². The van der Waals surface area contributed by atoms with Crippen molar-refractivity contribution >= 4 is 34.6 Å². The molecule has 0 aliphatic carbocycles. The monoisotopic (exact) mass is 335 g/mol. The predicted octanol–water partition coefficient (Wildman–Crippen LogP) is 3.72. The standard InChI is InChI=1S/C14H10ClN3O5/c1-8-6-13(18(22)23)10(15)7-11(8)16-14(19)9-4-2-3-5-12(9)17(20)21/h2-7H,1H3,(H,16,19). The van der Waals surface area contributed by atoms with Crippen LogP contribution in [0.1, 0.15) is 15.9 Å². The molecule has 2 aromatic carbocycles. The molecule has 2 rings (SSSR count). The largest absolute Gasteiger partial charge is 0.321 e. The van der Waals surface area contributed by atoms with Crippen molar-refractivity contribution in [3.8, 4) is 0 Å². The maximum atomic E-state index is 12.2. The summed E-state index contributed by atoms with van der Waals surface area (Å²) < 4.78 is 0. The third-order valence-corrected chi connectivity index (χ3v) is 3.39. The van der Waals surface area contributed by atoms with Crippen LogP contribution in [-0.2, 0) is 0 Å². The van der Waals surface area contributed by atoms with Crippen LogP contribution in [0.2, 0.25) is 5.02 Å². The first-order valence-electron chi connectivity index (χ1n) is 6.30. The van der Waals surface area contributed by atoms with Crippen LogP contribution in [0.25, 0.3) is 0 Å². The number of rotatable bonds is 4. The topological polar surface area (TPSA) is 115 Å². The van der Waals surface area contributed by atoms with Crippen molar-refractivity contribution in [3.63, 3.8) is 0 Å². The van der Waals surface area contributed by atoms with Gasteiger partial charge in [-0.1, -0.05) is 23.7 Å². The number of aryl methyl sites for hydroxylation is 1. The van der Waals surface area contributed by atoms with Gasteiger partial charge >= 0.3 is 0 Å². The Morgan fingerprint density at radius 2 is 1.70 bits per heavy atom. The van der Waals surface area contributed by atoms with Crippen LogP contribution in [-0.4, -0.2) is 15.8 Å². The third kappa shape index (κ3) is 3.43. The predicted molar refractivity (Wildman–Crippen MR) is 83.9 cm³/mol. The number of anilines is 1. The van der Waals surface area contributed by atoms with Gasteiger partial charge in [-0.05, 0) is 24.6 Å². The SMILES string of the molecule is Cc1cc([N+](=O)[O-])c(Cl)cc1NC(=O)c1ccccc1[N+](=O)[O-]. The number of nitro benzene ring substituents is 2. The fourth-order valence-electron chi connectivity index (χ4n) is 1.96. The van der Waals surface area contributed by atoms with Gasteiger partial charge in [0.2, 0.25) is 0 Å². The van der Waals surface area contributed by atoms with E-state index in [0.29, 0.717) is 5.56 Å². The molecule has 0 bridgehead atoms. The van der Waals surface area contributed by atoms with Gasteiger partial charge in [-0.3, -0.25) is 25.0 Å². The van der Waals surface area contributed by atoms with E-state index in [4.69, 9.17) is 11.6 Å². The normalized spacial score (nSPS) is 10.2. The Labute approximate surface area is 135 Å². The van der Waals surface area contributed by atoms with Crippen LogP contribution in [0.5, 0.6) is 0 Å². The van der Waals surface area contributed by atoms with Gasteiger partial charge in [-0.15, -0.1) is 0 Å². The van der Waals surface area contributed by atoms with E-state index >= 15 is 0 Å². The van der Waals surface area contributed by atoms with E-state index < -0.39 is 15.8 Å². The summed E-state index contributed by atoms with van der Waals surface area (Å²) >= 11 is 5.81. The Morgan fingerprint density at radius 3 is 2.30 bits per heavy atom. The number of nitro groups is 2. The molecule has 0 unspecified atom stereocenters. The molecule has 23 heavy (non-hydrogen) atoms. The smallest absolute Gasteiger partial charge is 0.288 e. The van der Waals surface area contributed by atoms with Gasteiger partial charge in [0.15, 0.2) is 0 Å². The van der Waals surface area contributed by atoms with E-state index in [1.807, 2.05) is 0 Å². The molecule has 0 spiro atoms. The van der Waals surface area contributed by atoms with Crippen LogP contribution in [0.3, 0.4) is 0 Å². The first kappa shape index (κ1) is 16.4. The van der Waals surface area contributed by atoms with Crippen molar-refractivity contribution in [2.45, 2.75) is 6.92 Å². The highest BCUT2D eigenvalue weighted by Crippen LogP contribution is 2.31. The Bertz CT molecular complexity index is 822. The molecule has 9 heteroatoms. The van der Waals surface area contributed by atoms with E-state index in [1.54, 1.807) is 6.92 Å². The molecule has 0 radical (unpaired) electrons. The zero-order valence-corrected chi connectivity index (χ0v) is 12.5. The van der Waals surface area contributed by atoms with Crippen molar-refractivity contribution < 1.29 is 14.6 Å². The van der Waals surface area contributed by atoms with E-state index in [0.717, 1.165) is 0 Å². The molecular formula is C14H10ClN3O5. The number of hydrogen-bond donors (Lipinski definition) is 1. The quantitative estimate of drug-likeness (QED) is 0.675. The molecule has 2 aromatic rings. The maximum Gasteiger partial charge on any atom is 0.288 e. The first-order chi connectivity index (χ1) is 10.8. The van der Waals surface area contributed by atoms with Crippen molar-refractivity contribution in [1.29, 1.82) is 0 Å². The van der Waals surface area contributed by atoms with Crippen LogP contribution in [0, 0.1) is 27.2 Å². The van der Waals surface area contributed by atoms with Crippen molar-refractivity contribution in [2.24, 2.45) is 0 Å². The highest BCUT2D eigenvalue weighted by molar-refractivity contribution is 6.33. The molecule has 8 nitrogen and oxygen atoms in total. The summed E-state index contributed by atoms with van der Waals surface area (Å²) in [6.07, 6.45) is 0. The fourth-order valence-corrected chi connectivity index (χ4v) is 2.19. The molecule has 0 aromatic heterocycles. The number of nitrogens with zero attached hydrogens (tertiary/aromatic N) is 2. The Morgan fingerprint density at radius 1 is 1.09 bits per heavy atom. The second-order valence-electron chi connectivity index (χ2n) is 4.60. The Kier molecular flexibility index (Phi) is 4.56. The van der Waals surface area contributed by atoms with E-state index in [-0.39, 0.29) is 27.6 Å². The van der Waals surface area contributed by atoms with Crippen LogP contribution in [0.15, 0.2) is 36.4 Å². The number of halogens is 1. The van der Waals surface area contributed by atoms with Crippen molar-refractivity contribution in [2.75, 3.05) is 5.32 Å². The molecule has 0 saturated heterocycles. The highest BCUT2D eigenvalue weighted by Gasteiger charge is 2.21.